The molecule has 0 saturated carbocycles. The Balaban J connectivity index is 2.78. The summed E-state index contributed by atoms with van der Waals surface area (Å²) in [5.74, 6) is 0.387. The van der Waals surface area contributed by atoms with Crippen LogP contribution in [0, 0.1) is 0 Å². The summed E-state index contributed by atoms with van der Waals surface area (Å²) in [6.45, 7) is 3.74. The SMILES string of the molecule is CCC(C)(OC)c1nnc(S(=O)(=O)Cl)n1-c1ccccc1. The van der Waals surface area contributed by atoms with Crippen LogP contribution in [0.4, 0.5) is 0 Å². The second-order valence-corrected chi connectivity index (χ2v) is 7.16. The van der Waals surface area contributed by atoms with Crippen LogP contribution in [-0.4, -0.2) is 30.3 Å². The van der Waals surface area contributed by atoms with Crippen molar-refractivity contribution in [3.8, 4) is 5.69 Å². The van der Waals surface area contributed by atoms with Crippen molar-refractivity contribution in [3.05, 3.63) is 36.2 Å². The van der Waals surface area contributed by atoms with Crippen LogP contribution in [0.15, 0.2) is 35.5 Å². The van der Waals surface area contributed by atoms with Crippen molar-refractivity contribution in [1.82, 2.24) is 14.8 Å². The standard InChI is InChI=1S/C13H16ClN3O3S/c1-4-13(2,20-3)11-15-16-12(21(14,18)19)17(11)10-8-6-5-7-9-10/h5-9H,4H2,1-3H3. The van der Waals surface area contributed by atoms with E-state index in [1.807, 2.05) is 19.9 Å². The van der Waals surface area contributed by atoms with E-state index >= 15 is 0 Å². The van der Waals surface area contributed by atoms with Gasteiger partial charge in [-0.25, -0.2) is 8.42 Å². The highest BCUT2D eigenvalue weighted by Crippen LogP contribution is 2.31. The van der Waals surface area contributed by atoms with Crippen molar-refractivity contribution in [2.24, 2.45) is 0 Å². The summed E-state index contributed by atoms with van der Waals surface area (Å²) < 4.78 is 30.4. The zero-order valence-corrected chi connectivity index (χ0v) is 13.5. The van der Waals surface area contributed by atoms with Crippen LogP contribution in [0.1, 0.15) is 26.1 Å². The fourth-order valence-corrected chi connectivity index (χ4v) is 2.82. The van der Waals surface area contributed by atoms with Crippen LogP contribution in [0.2, 0.25) is 0 Å². The quantitative estimate of drug-likeness (QED) is 0.788. The second kappa shape index (κ2) is 5.75. The van der Waals surface area contributed by atoms with Gasteiger partial charge >= 0.3 is 0 Å². The first-order chi connectivity index (χ1) is 9.83. The minimum atomic E-state index is -4.03. The lowest BCUT2D eigenvalue weighted by Gasteiger charge is -2.26. The molecule has 0 amide bonds. The number of para-hydroxylation sites is 1. The topological polar surface area (TPSA) is 74.1 Å². The van der Waals surface area contributed by atoms with Gasteiger partial charge in [-0.15, -0.1) is 10.2 Å². The monoisotopic (exact) mass is 329 g/mol. The molecule has 0 saturated heterocycles. The van der Waals surface area contributed by atoms with E-state index in [1.54, 1.807) is 31.4 Å². The molecule has 1 aromatic carbocycles. The largest absolute Gasteiger partial charge is 0.371 e. The number of ether oxygens (including phenoxy) is 1. The first kappa shape index (κ1) is 15.9. The van der Waals surface area contributed by atoms with E-state index in [9.17, 15) is 8.42 Å². The van der Waals surface area contributed by atoms with Gasteiger partial charge in [-0.3, -0.25) is 4.57 Å². The van der Waals surface area contributed by atoms with E-state index in [1.165, 1.54) is 4.57 Å². The van der Waals surface area contributed by atoms with Gasteiger partial charge in [0.05, 0.1) is 0 Å². The molecule has 0 N–H and O–H groups in total. The number of hydrogen-bond acceptors (Lipinski definition) is 5. The summed E-state index contributed by atoms with van der Waals surface area (Å²) in [6.07, 6.45) is 0.594. The molecule has 114 valence electrons. The Bertz CT molecular complexity index is 724. The van der Waals surface area contributed by atoms with Gasteiger partial charge in [0, 0.05) is 23.5 Å². The van der Waals surface area contributed by atoms with E-state index < -0.39 is 14.7 Å². The number of aromatic nitrogens is 3. The molecule has 8 heteroatoms. The smallest absolute Gasteiger partial charge is 0.297 e. The zero-order chi connectivity index (χ0) is 15.7. The minimum Gasteiger partial charge on any atom is -0.371 e. The lowest BCUT2D eigenvalue weighted by atomic mass is 10.0. The molecule has 0 aliphatic carbocycles. The van der Waals surface area contributed by atoms with Crippen LogP contribution < -0.4 is 0 Å². The van der Waals surface area contributed by atoms with Crippen molar-refractivity contribution in [3.63, 3.8) is 0 Å². The fraction of sp³-hybridized carbons (Fsp3) is 0.385. The maximum absolute atomic E-state index is 11.7. The third kappa shape index (κ3) is 2.95. The molecule has 6 nitrogen and oxygen atoms in total. The van der Waals surface area contributed by atoms with Gasteiger partial charge in [0.1, 0.15) is 5.60 Å². The Hall–Kier alpha value is -1.44. The van der Waals surface area contributed by atoms with Crippen molar-refractivity contribution in [1.29, 1.82) is 0 Å². The predicted octanol–water partition coefficient (Wildman–Crippen LogP) is 2.47. The van der Waals surface area contributed by atoms with Gasteiger partial charge in [0.15, 0.2) is 5.82 Å². The molecule has 21 heavy (non-hydrogen) atoms. The van der Waals surface area contributed by atoms with Gasteiger partial charge in [0.25, 0.3) is 14.2 Å². The molecular weight excluding hydrogens is 314 g/mol. The normalized spacial score (nSPS) is 14.9. The molecule has 1 unspecified atom stereocenters. The maximum Gasteiger partial charge on any atom is 0.297 e. The highest BCUT2D eigenvalue weighted by molar-refractivity contribution is 8.13. The number of rotatable bonds is 5. The molecule has 1 aromatic heterocycles. The van der Waals surface area contributed by atoms with Crippen molar-refractivity contribution >= 4 is 19.7 Å². The van der Waals surface area contributed by atoms with E-state index in [4.69, 9.17) is 15.4 Å². The number of benzene rings is 1. The second-order valence-electron chi connectivity index (χ2n) is 4.70. The molecule has 0 aliphatic rings. The highest BCUT2D eigenvalue weighted by Gasteiger charge is 2.35. The lowest BCUT2D eigenvalue weighted by Crippen LogP contribution is -2.28. The number of hydrogen-bond donors (Lipinski definition) is 0. The Morgan fingerprint density at radius 1 is 1.29 bits per heavy atom. The summed E-state index contributed by atoms with van der Waals surface area (Å²) in [5.41, 5.74) is -0.170. The summed E-state index contributed by atoms with van der Waals surface area (Å²) in [5, 5.41) is 7.42. The van der Waals surface area contributed by atoms with Gasteiger partial charge in [-0.2, -0.15) is 0 Å². The van der Waals surface area contributed by atoms with E-state index in [0.717, 1.165) is 0 Å². The van der Waals surface area contributed by atoms with Crippen LogP contribution in [0.5, 0.6) is 0 Å². The summed E-state index contributed by atoms with van der Waals surface area (Å²) in [6, 6.07) is 8.92. The molecule has 0 fully saturated rings. The fourth-order valence-electron chi connectivity index (χ4n) is 1.97. The molecule has 0 aliphatic heterocycles. The zero-order valence-electron chi connectivity index (χ0n) is 11.9. The number of halogens is 1. The molecule has 0 bridgehead atoms. The van der Waals surface area contributed by atoms with Gasteiger partial charge in [0.2, 0.25) is 0 Å². The van der Waals surface area contributed by atoms with Crippen LogP contribution in [0.3, 0.4) is 0 Å². The Morgan fingerprint density at radius 2 is 1.90 bits per heavy atom. The van der Waals surface area contributed by atoms with Crippen LogP contribution in [-0.2, 0) is 19.4 Å². The van der Waals surface area contributed by atoms with Gasteiger partial charge in [-0.1, -0.05) is 25.1 Å². The molecule has 0 spiro atoms. The Kier molecular flexibility index (Phi) is 4.36. The summed E-state index contributed by atoms with van der Waals surface area (Å²) in [7, 11) is 2.98. The third-order valence-corrected chi connectivity index (χ3v) is 4.58. The molecule has 0 radical (unpaired) electrons. The summed E-state index contributed by atoms with van der Waals surface area (Å²) >= 11 is 0. The van der Waals surface area contributed by atoms with Crippen molar-refractivity contribution in [2.45, 2.75) is 31.0 Å². The number of nitrogens with zero attached hydrogens (tertiary/aromatic N) is 3. The van der Waals surface area contributed by atoms with Crippen LogP contribution in [0.25, 0.3) is 5.69 Å². The van der Waals surface area contributed by atoms with E-state index in [-0.39, 0.29) is 5.16 Å². The van der Waals surface area contributed by atoms with Crippen molar-refractivity contribution in [2.75, 3.05) is 7.11 Å². The predicted molar refractivity (Wildman–Crippen MR) is 79.0 cm³/mol. The van der Waals surface area contributed by atoms with Crippen LogP contribution >= 0.6 is 10.7 Å². The van der Waals surface area contributed by atoms with Gasteiger partial charge < -0.3 is 4.74 Å². The van der Waals surface area contributed by atoms with E-state index in [2.05, 4.69) is 10.2 Å². The van der Waals surface area contributed by atoms with Gasteiger partial charge in [-0.05, 0) is 25.5 Å². The minimum absolute atomic E-state index is 0.318. The lowest BCUT2D eigenvalue weighted by molar-refractivity contribution is -0.0107. The Morgan fingerprint density at radius 3 is 2.38 bits per heavy atom. The average molecular weight is 330 g/mol. The third-order valence-electron chi connectivity index (χ3n) is 3.46. The molecule has 1 atom stereocenters. The molecule has 2 aromatic rings. The highest BCUT2D eigenvalue weighted by atomic mass is 35.7. The first-order valence-corrected chi connectivity index (χ1v) is 8.65. The Labute approximate surface area is 128 Å². The first-order valence-electron chi connectivity index (χ1n) is 6.34. The molecular formula is C13H16ClN3O3S. The maximum atomic E-state index is 11.7. The molecule has 2 rings (SSSR count). The average Bonchev–Trinajstić information content (AvgIpc) is 2.93. The van der Waals surface area contributed by atoms with Crippen molar-refractivity contribution < 1.29 is 13.2 Å². The molecule has 1 heterocycles. The summed E-state index contributed by atoms with van der Waals surface area (Å²) in [4.78, 5) is 0. The van der Waals surface area contributed by atoms with E-state index in [0.29, 0.717) is 17.9 Å². The number of methoxy groups -OCH3 is 1.